The van der Waals surface area contributed by atoms with E-state index in [1.165, 1.54) is 41.3 Å². The molecule has 11 heteroatoms. The molecule has 4 aromatic rings. The molecule has 45 heavy (non-hydrogen) atoms. The highest BCUT2D eigenvalue weighted by Gasteiger charge is 2.30. The quantitative estimate of drug-likeness (QED) is 0.180. The first kappa shape index (κ1) is 32.7. The fourth-order valence-electron chi connectivity index (χ4n) is 4.45. The number of sulfonamides is 1. The van der Waals surface area contributed by atoms with E-state index in [-0.39, 0.29) is 41.7 Å². The first-order chi connectivity index (χ1) is 21.7. The van der Waals surface area contributed by atoms with Crippen LogP contribution in [-0.4, -0.2) is 51.4 Å². The van der Waals surface area contributed by atoms with Crippen LogP contribution in [0.3, 0.4) is 0 Å². The molecule has 0 heterocycles. The summed E-state index contributed by atoms with van der Waals surface area (Å²) in [6, 6.07) is 26.2. The van der Waals surface area contributed by atoms with Gasteiger partial charge < -0.3 is 19.7 Å². The monoisotopic (exact) mass is 631 g/mol. The maximum absolute atomic E-state index is 13.8. The zero-order chi connectivity index (χ0) is 32.2. The summed E-state index contributed by atoms with van der Waals surface area (Å²) in [6.07, 6.45) is 1.83. The molecule has 0 radical (unpaired) electrons. The lowest BCUT2D eigenvalue weighted by Gasteiger charge is -2.31. The van der Waals surface area contributed by atoms with E-state index < -0.39 is 34.4 Å². The minimum atomic E-state index is -3.95. The topological polar surface area (TPSA) is 114 Å². The van der Waals surface area contributed by atoms with Crippen molar-refractivity contribution in [1.82, 2.24) is 10.2 Å². The summed E-state index contributed by atoms with van der Waals surface area (Å²) in [5.74, 6) is -0.369. The zero-order valence-corrected chi connectivity index (χ0v) is 25.5. The number of methoxy groups -OCH3 is 1. The van der Waals surface area contributed by atoms with E-state index in [0.717, 1.165) is 23.3 Å². The van der Waals surface area contributed by atoms with Crippen LogP contribution >= 0.6 is 0 Å². The second-order valence-electron chi connectivity index (χ2n) is 9.98. The van der Waals surface area contributed by atoms with E-state index in [9.17, 15) is 22.4 Å². The van der Waals surface area contributed by atoms with Crippen molar-refractivity contribution in [3.63, 3.8) is 0 Å². The number of anilines is 1. The standard InChI is InChI=1S/C34H34FN3O6S/c1-3-21-36-34(40)32(22-25-7-5-4-6-8-25)38(23-26-9-15-29(43-2)16-10-26)33(39)24-44-30-17-19-31(20-18-30)45(41,42)37-28-13-11-27(35)12-14-28/h3-20,32,37H,1,21-24H2,2H3,(H,36,40)/t32-/m1/s1. The molecule has 0 spiro atoms. The van der Waals surface area contributed by atoms with Gasteiger partial charge in [0.25, 0.3) is 15.9 Å². The number of nitrogens with zero attached hydrogens (tertiary/aromatic N) is 1. The molecule has 0 fully saturated rings. The Hall–Kier alpha value is -5.16. The second-order valence-corrected chi connectivity index (χ2v) is 11.7. The molecule has 1 atom stereocenters. The van der Waals surface area contributed by atoms with Crippen molar-refractivity contribution >= 4 is 27.5 Å². The van der Waals surface area contributed by atoms with Gasteiger partial charge in [0, 0.05) is 25.2 Å². The molecule has 4 rings (SSSR count). The van der Waals surface area contributed by atoms with Crippen LogP contribution in [0.25, 0.3) is 0 Å². The number of amides is 2. The van der Waals surface area contributed by atoms with Gasteiger partial charge in [-0.3, -0.25) is 14.3 Å². The van der Waals surface area contributed by atoms with Crippen LogP contribution in [0.15, 0.2) is 121 Å². The van der Waals surface area contributed by atoms with Gasteiger partial charge in [-0.25, -0.2) is 12.8 Å². The number of carbonyl (C=O) groups excluding carboxylic acids is 2. The van der Waals surface area contributed by atoms with Crippen LogP contribution in [0.2, 0.25) is 0 Å². The molecule has 2 N–H and O–H groups in total. The Bertz CT molecular complexity index is 1680. The van der Waals surface area contributed by atoms with E-state index in [1.807, 2.05) is 42.5 Å². The summed E-state index contributed by atoms with van der Waals surface area (Å²) in [4.78, 5) is 28.6. The summed E-state index contributed by atoms with van der Waals surface area (Å²) >= 11 is 0. The van der Waals surface area contributed by atoms with E-state index in [0.29, 0.717) is 5.75 Å². The number of benzene rings is 4. The molecule has 0 saturated carbocycles. The molecular weight excluding hydrogens is 597 g/mol. The van der Waals surface area contributed by atoms with Crippen molar-refractivity contribution in [2.75, 3.05) is 25.0 Å². The molecule has 0 saturated heterocycles. The van der Waals surface area contributed by atoms with Crippen molar-refractivity contribution < 1.29 is 31.9 Å². The molecule has 0 aliphatic heterocycles. The fraction of sp³-hybridized carbons (Fsp3) is 0.176. The van der Waals surface area contributed by atoms with Crippen molar-refractivity contribution in [3.8, 4) is 11.5 Å². The third-order valence-electron chi connectivity index (χ3n) is 6.80. The molecular formula is C34H34FN3O6S. The Kier molecular flexibility index (Phi) is 11.3. The van der Waals surface area contributed by atoms with Crippen LogP contribution < -0.4 is 19.5 Å². The number of nitrogens with one attached hydrogen (secondary N) is 2. The van der Waals surface area contributed by atoms with Gasteiger partial charge in [0.05, 0.1) is 12.0 Å². The van der Waals surface area contributed by atoms with Gasteiger partial charge in [0.2, 0.25) is 5.91 Å². The molecule has 2 amide bonds. The Labute approximate surface area is 262 Å². The van der Waals surface area contributed by atoms with Crippen molar-refractivity contribution in [2.45, 2.75) is 23.9 Å². The SMILES string of the molecule is C=CCNC(=O)[C@@H](Cc1ccccc1)N(Cc1ccc(OC)cc1)C(=O)COc1ccc(S(=O)(=O)Nc2ccc(F)cc2)cc1. The van der Waals surface area contributed by atoms with Gasteiger partial charge >= 0.3 is 0 Å². The highest BCUT2D eigenvalue weighted by Crippen LogP contribution is 2.21. The lowest BCUT2D eigenvalue weighted by molar-refractivity contribution is -0.142. The number of carbonyl (C=O) groups is 2. The predicted molar refractivity (Wildman–Crippen MR) is 170 cm³/mol. The van der Waals surface area contributed by atoms with Gasteiger partial charge in [-0.15, -0.1) is 6.58 Å². The Balaban J connectivity index is 1.53. The average Bonchev–Trinajstić information content (AvgIpc) is 3.06. The predicted octanol–water partition coefficient (Wildman–Crippen LogP) is 4.96. The molecule has 4 aromatic carbocycles. The number of ether oxygens (including phenoxy) is 2. The molecule has 9 nitrogen and oxygen atoms in total. The lowest BCUT2D eigenvalue weighted by Crippen LogP contribution is -2.51. The maximum atomic E-state index is 13.8. The summed E-state index contributed by atoms with van der Waals surface area (Å²) in [6.45, 7) is 3.61. The molecule has 0 aromatic heterocycles. The molecule has 234 valence electrons. The van der Waals surface area contributed by atoms with Gasteiger partial charge in [-0.1, -0.05) is 48.5 Å². The summed E-state index contributed by atoms with van der Waals surface area (Å²) in [7, 11) is -2.39. The summed E-state index contributed by atoms with van der Waals surface area (Å²) in [5.41, 5.74) is 1.86. The average molecular weight is 632 g/mol. The van der Waals surface area contributed by atoms with Gasteiger partial charge in [0.1, 0.15) is 23.4 Å². The Morgan fingerprint density at radius 3 is 2.16 bits per heavy atom. The van der Waals surface area contributed by atoms with Crippen LogP contribution in [0, 0.1) is 5.82 Å². The largest absolute Gasteiger partial charge is 0.497 e. The van der Waals surface area contributed by atoms with Crippen LogP contribution in [-0.2, 0) is 32.6 Å². The van der Waals surface area contributed by atoms with Crippen molar-refractivity contribution in [1.29, 1.82) is 0 Å². The van der Waals surface area contributed by atoms with Gasteiger partial charge in [-0.05, 0) is 71.8 Å². The number of hydrogen-bond donors (Lipinski definition) is 2. The third kappa shape index (κ3) is 9.41. The zero-order valence-electron chi connectivity index (χ0n) is 24.7. The number of halogens is 1. The lowest BCUT2D eigenvalue weighted by atomic mass is 10.0. The minimum Gasteiger partial charge on any atom is -0.497 e. The Morgan fingerprint density at radius 2 is 1.53 bits per heavy atom. The van der Waals surface area contributed by atoms with Crippen LogP contribution in [0.1, 0.15) is 11.1 Å². The highest BCUT2D eigenvalue weighted by atomic mass is 32.2. The van der Waals surface area contributed by atoms with Crippen molar-refractivity contribution in [3.05, 3.63) is 133 Å². The van der Waals surface area contributed by atoms with Gasteiger partial charge in [0.15, 0.2) is 6.61 Å². The first-order valence-corrected chi connectivity index (χ1v) is 15.5. The fourth-order valence-corrected chi connectivity index (χ4v) is 5.51. The smallest absolute Gasteiger partial charge is 0.261 e. The Morgan fingerprint density at radius 1 is 0.889 bits per heavy atom. The van der Waals surface area contributed by atoms with Crippen molar-refractivity contribution in [2.24, 2.45) is 0 Å². The first-order valence-electron chi connectivity index (χ1n) is 14.0. The summed E-state index contributed by atoms with van der Waals surface area (Å²) in [5, 5.41) is 2.81. The number of hydrogen-bond acceptors (Lipinski definition) is 6. The van der Waals surface area contributed by atoms with E-state index in [2.05, 4.69) is 16.6 Å². The third-order valence-corrected chi connectivity index (χ3v) is 8.19. The van der Waals surface area contributed by atoms with Crippen LogP contribution in [0.4, 0.5) is 10.1 Å². The van der Waals surface area contributed by atoms with E-state index in [4.69, 9.17) is 9.47 Å². The highest BCUT2D eigenvalue weighted by molar-refractivity contribution is 7.92. The molecule has 0 aliphatic rings. The normalized spacial score (nSPS) is 11.6. The van der Waals surface area contributed by atoms with E-state index in [1.54, 1.807) is 25.3 Å². The van der Waals surface area contributed by atoms with Gasteiger partial charge in [-0.2, -0.15) is 0 Å². The maximum Gasteiger partial charge on any atom is 0.261 e. The molecule has 0 aliphatic carbocycles. The molecule has 0 bridgehead atoms. The minimum absolute atomic E-state index is 0.0477. The summed E-state index contributed by atoms with van der Waals surface area (Å²) < 4.78 is 52.1. The number of rotatable bonds is 15. The second kappa shape index (κ2) is 15.5. The molecule has 0 unspecified atom stereocenters. The van der Waals surface area contributed by atoms with Crippen LogP contribution in [0.5, 0.6) is 11.5 Å². The van der Waals surface area contributed by atoms with E-state index >= 15 is 0 Å².